The first-order valence-corrected chi connectivity index (χ1v) is 15.7. The van der Waals surface area contributed by atoms with Gasteiger partial charge in [0.25, 0.3) is 11.8 Å². The van der Waals surface area contributed by atoms with Gasteiger partial charge in [0.1, 0.15) is 17.1 Å². The molecule has 0 saturated heterocycles. The molecule has 0 atom stereocenters. The summed E-state index contributed by atoms with van der Waals surface area (Å²) in [4.78, 5) is 47.9. The van der Waals surface area contributed by atoms with Gasteiger partial charge in [-0.25, -0.2) is 18.7 Å². The minimum atomic E-state index is -4.57. The molecule has 18 heteroatoms. The highest BCUT2D eigenvalue weighted by Crippen LogP contribution is 2.35. The second kappa shape index (κ2) is 16.8. The van der Waals surface area contributed by atoms with Crippen molar-refractivity contribution < 1.29 is 41.0 Å². The average Bonchev–Trinajstić information content (AvgIpc) is 3.15. The number of pyridine rings is 2. The van der Waals surface area contributed by atoms with E-state index in [1.54, 1.807) is 51.0 Å². The number of benzene rings is 2. The Bertz CT molecular complexity index is 2280. The molecule has 12 nitrogen and oxygen atoms in total. The Kier molecular flexibility index (Phi) is 12.0. The number of hydrogen-bond acceptors (Lipinski definition) is 10. The van der Waals surface area contributed by atoms with E-state index in [-0.39, 0.29) is 28.0 Å². The second-order valence-corrected chi connectivity index (χ2v) is 11.3. The van der Waals surface area contributed by atoms with Crippen molar-refractivity contribution in [1.82, 2.24) is 29.9 Å². The number of rotatable bonds is 8. The van der Waals surface area contributed by atoms with Crippen LogP contribution in [-0.4, -0.2) is 55.9 Å². The van der Waals surface area contributed by atoms with Crippen LogP contribution in [0.1, 0.15) is 31.8 Å². The Morgan fingerprint density at radius 3 is 1.89 bits per heavy atom. The van der Waals surface area contributed by atoms with Gasteiger partial charge in [-0.1, -0.05) is 11.6 Å². The van der Waals surface area contributed by atoms with Crippen molar-refractivity contribution in [3.05, 3.63) is 131 Å². The van der Waals surface area contributed by atoms with Crippen LogP contribution < -0.4 is 20.1 Å². The lowest BCUT2D eigenvalue weighted by Gasteiger charge is -2.10. The number of aryl methyl sites for hydroxylation is 1. The van der Waals surface area contributed by atoms with E-state index in [4.69, 9.17) is 21.1 Å². The summed E-state index contributed by atoms with van der Waals surface area (Å²) in [6.45, 7) is 1.83. The number of methoxy groups -OCH3 is 2. The fourth-order valence-electron chi connectivity index (χ4n) is 4.69. The van der Waals surface area contributed by atoms with E-state index in [2.05, 4.69) is 40.5 Å². The van der Waals surface area contributed by atoms with Gasteiger partial charge in [0.15, 0.2) is 23.3 Å². The minimum absolute atomic E-state index is 0.00960. The van der Waals surface area contributed by atoms with Gasteiger partial charge in [-0.05, 0) is 55.0 Å². The van der Waals surface area contributed by atoms with Crippen LogP contribution in [0.3, 0.4) is 0 Å². The Balaban J connectivity index is 0.000000208. The molecule has 4 heterocycles. The first kappa shape index (κ1) is 38.6. The fourth-order valence-corrected chi connectivity index (χ4v) is 4.91. The molecule has 0 aliphatic heterocycles. The van der Waals surface area contributed by atoms with Crippen LogP contribution in [-0.2, 0) is 6.18 Å². The maximum Gasteiger partial charge on any atom is 0.416 e. The van der Waals surface area contributed by atoms with Crippen molar-refractivity contribution in [2.24, 2.45) is 0 Å². The van der Waals surface area contributed by atoms with Crippen LogP contribution in [0.5, 0.6) is 11.5 Å². The Morgan fingerprint density at radius 2 is 1.33 bits per heavy atom. The second-order valence-electron chi connectivity index (χ2n) is 10.9. The van der Waals surface area contributed by atoms with Gasteiger partial charge >= 0.3 is 6.18 Å². The smallest absolute Gasteiger partial charge is 0.416 e. The number of hydrogen-bond donors (Lipinski definition) is 2. The number of alkyl halides is 3. The summed E-state index contributed by atoms with van der Waals surface area (Å²) in [6.07, 6.45) is 5.14. The highest BCUT2D eigenvalue weighted by atomic mass is 35.5. The largest absolute Gasteiger partial charge is 0.497 e. The summed E-state index contributed by atoms with van der Waals surface area (Å²) in [5, 5.41) is 4.88. The lowest BCUT2D eigenvalue weighted by atomic mass is 10.1. The minimum Gasteiger partial charge on any atom is -0.497 e. The van der Waals surface area contributed by atoms with Crippen molar-refractivity contribution in [3.8, 4) is 34.0 Å². The van der Waals surface area contributed by atoms with Crippen LogP contribution in [0.2, 0.25) is 5.02 Å². The van der Waals surface area contributed by atoms with Crippen LogP contribution in [0.25, 0.3) is 22.5 Å². The molecule has 54 heavy (non-hydrogen) atoms. The number of ether oxygens (including phenoxy) is 2. The monoisotopic (exact) mass is 764 g/mol. The first-order chi connectivity index (χ1) is 25.8. The van der Waals surface area contributed by atoms with Crippen molar-refractivity contribution in [2.75, 3.05) is 24.9 Å². The summed E-state index contributed by atoms with van der Waals surface area (Å²) in [5.41, 5.74) is 0.900. The van der Waals surface area contributed by atoms with Crippen molar-refractivity contribution >= 4 is 35.1 Å². The topological polar surface area (TPSA) is 154 Å². The molecule has 0 spiro atoms. The normalized spacial score (nSPS) is 10.8. The van der Waals surface area contributed by atoms with Crippen molar-refractivity contribution in [2.45, 2.75) is 13.1 Å². The zero-order valence-electron chi connectivity index (χ0n) is 28.2. The summed E-state index contributed by atoms with van der Waals surface area (Å²) in [7, 11) is 3.18. The van der Waals surface area contributed by atoms with Gasteiger partial charge in [0.05, 0.1) is 73.4 Å². The highest BCUT2D eigenvalue weighted by Gasteiger charge is 2.31. The average molecular weight is 765 g/mol. The summed E-state index contributed by atoms with van der Waals surface area (Å²) >= 11 is 5.93. The van der Waals surface area contributed by atoms with E-state index < -0.39 is 34.8 Å². The quantitative estimate of drug-likeness (QED) is 0.147. The summed E-state index contributed by atoms with van der Waals surface area (Å²) in [5.74, 6) is -2.19. The molecule has 2 amide bonds. The van der Waals surface area contributed by atoms with Gasteiger partial charge in [-0.3, -0.25) is 29.5 Å². The zero-order chi connectivity index (χ0) is 39.0. The summed E-state index contributed by atoms with van der Waals surface area (Å²) in [6, 6.07) is 9.80. The predicted octanol–water partition coefficient (Wildman–Crippen LogP) is 7.86. The number of carbonyl (C=O) groups excluding carboxylic acids is 2. The molecule has 2 N–H and O–H groups in total. The fraction of sp³-hybridized carbons (Fsp3) is 0.111. The lowest BCUT2D eigenvalue weighted by Crippen LogP contribution is -2.17. The van der Waals surface area contributed by atoms with Gasteiger partial charge in [-0.2, -0.15) is 13.2 Å². The number of amides is 2. The van der Waals surface area contributed by atoms with Crippen molar-refractivity contribution in [3.63, 3.8) is 0 Å². The number of anilines is 2. The van der Waals surface area contributed by atoms with Gasteiger partial charge in [0.2, 0.25) is 0 Å². The van der Waals surface area contributed by atoms with Gasteiger partial charge in [-0.15, -0.1) is 0 Å². The Hall–Kier alpha value is -6.62. The van der Waals surface area contributed by atoms with E-state index in [0.717, 1.165) is 41.7 Å². The standard InChI is InChI=1S/C19H18N4O3.C17H8ClF5N4O/c1-12-9-20-7-6-14(12)19(24)23-18-11-21-16(10-22-18)15-8-13(25-2)4-5-17(15)26-3;18-10-2-1-8(17(21,22)23)3-9(10)13-6-26-14(7-25-13)27-16(28)15-11(19)4-24-5-12(15)20/h4-11H,1-3H3,(H,22,23,24);1-7H,(H,26,27,28). The van der Waals surface area contributed by atoms with E-state index in [1.807, 2.05) is 13.0 Å². The summed E-state index contributed by atoms with van der Waals surface area (Å²) < 4.78 is 76.3. The third kappa shape index (κ3) is 9.23. The van der Waals surface area contributed by atoms with Crippen LogP contribution in [0.15, 0.2) is 92.0 Å². The predicted molar refractivity (Wildman–Crippen MR) is 187 cm³/mol. The van der Waals surface area contributed by atoms with Crippen LogP contribution in [0, 0.1) is 18.6 Å². The third-order valence-corrected chi connectivity index (χ3v) is 7.71. The third-order valence-electron chi connectivity index (χ3n) is 7.38. The molecule has 6 rings (SSSR count). The van der Waals surface area contributed by atoms with E-state index in [1.165, 1.54) is 6.20 Å². The molecule has 0 radical (unpaired) electrons. The number of carbonyl (C=O) groups is 2. The maximum atomic E-state index is 13.6. The Labute approximate surface area is 308 Å². The molecular formula is C36H26ClF5N8O4. The molecule has 0 aliphatic carbocycles. The zero-order valence-corrected chi connectivity index (χ0v) is 29.0. The highest BCUT2D eigenvalue weighted by molar-refractivity contribution is 6.33. The number of halogens is 6. The maximum absolute atomic E-state index is 13.6. The van der Waals surface area contributed by atoms with Crippen LogP contribution in [0.4, 0.5) is 33.6 Å². The number of nitrogens with one attached hydrogen (secondary N) is 2. The van der Waals surface area contributed by atoms with E-state index in [0.29, 0.717) is 41.0 Å². The molecule has 0 saturated carbocycles. The molecule has 276 valence electrons. The Morgan fingerprint density at radius 1 is 0.704 bits per heavy atom. The molecule has 0 unspecified atom stereocenters. The molecule has 4 aromatic heterocycles. The lowest BCUT2D eigenvalue weighted by molar-refractivity contribution is -0.137. The molecular weight excluding hydrogens is 739 g/mol. The van der Waals surface area contributed by atoms with Gasteiger partial charge < -0.3 is 20.1 Å². The SMILES string of the molecule is COc1ccc(OC)c(-c2cnc(NC(=O)c3ccncc3C)cn2)c1.O=C(Nc1cnc(-c2cc(C(F)(F)F)ccc2Cl)cn1)c1c(F)cncc1F. The molecule has 2 aromatic carbocycles. The molecule has 0 bridgehead atoms. The molecule has 0 fully saturated rings. The van der Waals surface area contributed by atoms with Crippen LogP contribution >= 0.6 is 11.6 Å². The van der Waals surface area contributed by atoms with Crippen molar-refractivity contribution in [1.29, 1.82) is 0 Å². The molecule has 6 aromatic rings. The number of nitrogens with zero attached hydrogens (tertiary/aromatic N) is 6. The van der Waals surface area contributed by atoms with Gasteiger partial charge in [0, 0.05) is 29.1 Å². The number of aromatic nitrogens is 6. The van der Waals surface area contributed by atoms with E-state index >= 15 is 0 Å². The molecule has 0 aliphatic rings. The first-order valence-electron chi connectivity index (χ1n) is 15.3. The van der Waals surface area contributed by atoms with E-state index in [9.17, 15) is 31.5 Å².